The summed E-state index contributed by atoms with van der Waals surface area (Å²) in [4.78, 5) is 15.1. The van der Waals surface area contributed by atoms with Crippen molar-refractivity contribution in [1.29, 1.82) is 0 Å². The molecule has 1 spiro atoms. The van der Waals surface area contributed by atoms with Crippen LogP contribution in [-0.2, 0) is 15.8 Å². The Morgan fingerprint density at radius 3 is 2.25 bits per heavy atom. The fourth-order valence-electron chi connectivity index (χ4n) is 6.19. The first-order chi connectivity index (χ1) is 18.9. The molecule has 1 unspecified atom stereocenters. The Hall–Kier alpha value is -4.04. The zero-order valence-electron chi connectivity index (χ0n) is 21.5. The Balaban J connectivity index is 1.48. The van der Waals surface area contributed by atoms with Gasteiger partial charge in [-0.15, -0.1) is 0 Å². The van der Waals surface area contributed by atoms with E-state index in [9.17, 15) is 18.0 Å². The van der Waals surface area contributed by atoms with Gasteiger partial charge in [-0.1, -0.05) is 43.1 Å². The van der Waals surface area contributed by atoms with Gasteiger partial charge in [0.1, 0.15) is 17.1 Å². The van der Waals surface area contributed by atoms with Crippen molar-refractivity contribution in [3.63, 3.8) is 0 Å². The standard InChI is InChI=1S/C31H20ClF4NO3/c1-14-4-9-20-19(10-14)30(2,3)13-37(20)16-6-8-18-22(12-16)39-21-11-15(32)5-7-17(21)31(18)24-23(29(38)40-31)25(33)27(35)28(36)26(24)34/h4-12H,13H2,1-3H3. The van der Waals surface area contributed by atoms with Crippen molar-refractivity contribution in [1.82, 2.24) is 0 Å². The third kappa shape index (κ3) is 3.11. The van der Waals surface area contributed by atoms with Crippen LogP contribution in [0.4, 0.5) is 28.9 Å². The molecule has 3 aliphatic heterocycles. The molecule has 0 aliphatic carbocycles. The Morgan fingerprint density at radius 2 is 1.50 bits per heavy atom. The van der Waals surface area contributed by atoms with E-state index in [-0.39, 0.29) is 33.1 Å². The van der Waals surface area contributed by atoms with Gasteiger partial charge in [-0.2, -0.15) is 0 Å². The summed E-state index contributed by atoms with van der Waals surface area (Å²) in [6.45, 7) is 6.98. The first kappa shape index (κ1) is 25.0. The summed E-state index contributed by atoms with van der Waals surface area (Å²) in [6.07, 6.45) is 0. The lowest BCUT2D eigenvalue weighted by Crippen LogP contribution is -2.34. The van der Waals surface area contributed by atoms with E-state index in [2.05, 4.69) is 24.8 Å². The molecule has 1 atom stereocenters. The molecule has 0 saturated carbocycles. The lowest BCUT2D eigenvalue weighted by Gasteiger charge is -2.37. The fraction of sp³-hybridized carbons (Fsp3) is 0.194. The lowest BCUT2D eigenvalue weighted by atomic mass is 9.77. The topological polar surface area (TPSA) is 38.8 Å². The first-order valence-electron chi connectivity index (χ1n) is 12.5. The van der Waals surface area contributed by atoms with Gasteiger partial charge in [0.2, 0.25) is 0 Å². The van der Waals surface area contributed by atoms with Gasteiger partial charge in [-0.25, -0.2) is 22.4 Å². The van der Waals surface area contributed by atoms with Crippen molar-refractivity contribution in [2.75, 3.05) is 11.4 Å². The van der Waals surface area contributed by atoms with Gasteiger partial charge in [0.05, 0.1) is 5.56 Å². The summed E-state index contributed by atoms with van der Waals surface area (Å²) in [5, 5.41) is 0.264. The van der Waals surface area contributed by atoms with Crippen LogP contribution < -0.4 is 9.64 Å². The molecule has 9 heteroatoms. The predicted octanol–water partition coefficient (Wildman–Crippen LogP) is 8.20. The molecular weight excluding hydrogens is 546 g/mol. The number of hydrogen-bond acceptors (Lipinski definition) is 4. The second-order valence-electron chi connectivity index (χ2n) is 11.0. The molecule has 4 nitrogen and oxygen atoms in total. The zero-order chi connectivity index (χ0) is 28.3. The molecule has 3 aliphatic rings. The Kier molecular flexibility index (Phi) is 5.00. The van der Waals surface area contributed by atoms with E-state index < -0.39 is 46.0 Å². The van der Waals surface area contributed by atoms with Gasteiger partial charge in [0.15, 0.2) is 28.9 Å². The van der Waals surface area contributed by atoms with Crippen LogP contribution in [0.5, 0.6) is 11.5 Å². The molecule has 40 heavy (non-hydrogen) atoms. The highest BCUT2D eigenvalue weighted by molar-refractivity contribution is 6.30. The highest BCUT2D eigenvalue weighted by Crippen LogP contribution is 2.58. The largest absolute Gasteiger partial charge is 0.456 e. The lowest BCUT2D eigenvalue weighted by molar-refractivity contribution is 0.0215. The van der Waals surface area contributed by atoms with Crippen molar-refractivity contribution in [2.24, 2.45) is 0 Å². The summed E-state index contributed by atoms with van der Waals surface area (Å²) in [6, 6.07) is 15.6. The minimum Gasteiger partial charge on any atom is -0.456 e. The molecule has 0 fully saturated rings. The number of halogens is 5. The number of fused-ring (bicyclic) bond motifs is 7. The highest BCUT2D eigenvalue weighted by atomic mass is 35.5. The normalized spacial score (nSPS) is 19.6. The van der Waals surface area contributed by atoms with E-state index in [1.165, 1.54) is 23.8 Å². The minimum atomic E-state index is -2.14. The van der Waals surface area contributed by atoms with Gasteiger partial charge < -0.3 is 14.4 Å². The third-order valence-corrected chi connectivity index (χ3v) is 8.23. The zero-order valence-corrected chi connectivity index (χ0v) is 22.2. The van der Waals surface area contributed by atoms with E-state index in [0.29, 0.717) is 6.54 Å². The molecule has 202 valence electrons. The van der Waals surface area contributed by atoms with Crippen LogP contribution in [0.1, 0.15) is 52.0 Å². The van der Waals surface area contributed by atoms with E-state index in [0.717, 1.165) is 16.9 Å². The summed E-state index contributed by atoms with van der Waals surface area (Å²) in [5.41, 5.74) is 0.216. The van der Waals surface area contributed by atoms with Crippen LogP contribution >= 0.6 is 11.6 Å². The summed E-state index contributed by atoms with van der Waals surface area (Å²) < 4.78 is 71.2. The quantitative estimate of drug-likeness (QED) is 0.101. The Bertz CT molecular complexity index is 1820. The van der Waals surface area contributed by atoms with Gasteiger partial charge in [-0.05, 0) is 48.9 Å². The van der Waals surface area contributed by atoms with E-state index in [1.807, 2.05) is 19.1 Å². The smallest absolute Gasteiger partial charge is 0.343 e. The molecule has 0 saturated heterocycles. The second-order valence-corrected chi connectivity index (χ2v) is 11.4. The number of benzene rings is 4. The van der Waals surface area contributed by atoms with Crippen molar-refractivity contribution in [2.45, 2.75) is 31.8 Å². The summed E-state index contributed by atoms with van der Waals surface area (Å²) in [5.74, 6) is -8.73. The summed E-state index contributed by atoms with van der Waals surface area (Å²) >= 11 is 6.23. The van der Waals surface area contributed by atoms with Crippen molar-refractivity contribution >= 4 is 28.9 Å². The number of hydrogen-bond donors (Lipinski definition) is 0. The molecule has 7 rings (SSSR count). The number of carbonyl (C=O) groups is 1. The molecule has 4 aromatic rings. The molecule has 0 amide bonds. The molecule has 0 aromatic heterocycles. The molecular formula is C31H20ClF4NO3. The van der Waals surface area contributed by atoms with E-state index in [1.54, 1.807) is 18.2 Å². The fourth-order valence-corrected chi connectivity index (χ4v) is 6.35. The third-order valence-electron chi connectivity index (χ3n) is 7.99. The van der Waals surface area contributed by atoms with Crippen molar-refractivity contribution in [3.8, 4) is 11.5 Å². The van der Waals surface area contributed by atoms with E-state index in [4.69, 9.17) is 21.1 Å². The highest BCUT2D eigenvalue weighted by Gasteiger charge is 2.58. The molecule has 3 heterocycles. The van der Waals surface area contributed by atoms with Crippen molar-refractivity contribution in [3.05, 3.63) is 116 Å². The van der Waals surface area contributed by atoms with E-state index >= 15 is 4.39 Å². The SMILES string of the molecule is Cc1ccc2c(c1)C(C)(C)CN2c1ccc2c(c1)Oc1cc(Cl)ccc1C21OC(=O)c2c(F)c(F)c(F)c(F)c21. The average molecular weight is 566 g/mol. The maximum Gasteiger partial charge on any atom is 0.343 e. The summed E-state index contributed by atoms with van der Waals surface area (Å²) in [7, 11) is 0. The first-order valence-corrected chi connectivity index (χ1v) is 12.9. The number of carbonyl (C=O) groups excluding carboxylic acids is 1. The van der Waals surface area contributed by atoms with Gasteiger partial charge in [0.25, 0.3) is 0 Å². The number of anilines is 2. The molecule has 0 radical (unpaired) electrons. The number of aryl methyl sites for hydroxylation is 1. The number of esters is 1. The van der Waals surface area contributed by atoms with Gasteiger partial charge in [0, 0.05) is 45.6 Å². The van der Waals surface area contributed by atoms with Crippen LogP contribution in [0.2, 0.25) is 5.02 Å². The molecule has 0 N–H and O–H groups in total. The Labute approximate surface area is 231 Å². The monoisotopic (exact) mass is 565 g/mol. The van der Waals surface area contributed by atoms with Crippen LogP contribution in [0.3, 0.4) is 0 Å². The maximum atomic E-state index is 15.5. The predicted molar refractivity (Wildman–Crippen MR) is 141 cm³/mol. The van der Waals surface area contributed by atoms with Crippen molar-refractivity contribution < 1.29 is 31.8 Å². The van der Waals surface area contributed by atoms with Crippen LogP contribution in [0, 0.1) is 30.2 Å². The number of rotatable bonds is 1. The van der Waals surface area contributed by atoms with Crippen LogP contribution in [0.15, 0.2) is 54.6 Å². The second kappa shape index (κ2) is 8.01. The minimum absolute atomic E-state index is 0.0942. The molecule has 0 bridgehead atoms. The molecule has 4 aromatic carbocycles. The number of ether oxygens (including phenoxy) is 2. The van der Waals surface area contributed by atoms with Crippen LogP contribution in [0.25, 0.3) is 0 Å². The number of nitrogens with zero attached hydrogens (tertiary/aromatic N) is 1. The Morgan fingerprint density at radius 1 is 0.825 bits per heavy atom. The van der Waals surface area contributed by atoms with Gasteiger partial charge >= 0.3 is 5.97 Å². The van der Waals surface area contributed by atoms with Crippen LogP contribution in [-0.4, -0.2) is 12.5 Å². The van der Waals surface area contributed by atoms with Gasteiger partial charge in [-0.3, -0.25) is 0 Å². The average Bonchev–Trinajstić information content (AvgIpc) is 3.36. The maximum absolute atomic E-state index is 15.5.